The molecule has 2 aromatic heterocycles. The second-order valence-electron chi connectivity index (χ2n) is 7.31. The standard InChI is InChI=1S/C20H27N5O/c26-20(17-7-8-19(21-16-17)23-11-3-4-12-23)25-14-2-1-6-18(25)9-15-24-13-5-10-22-24/h5,7-8,10,13,16,18H,1-4,6,9,11-12,14-15H2/t18-/m0/s1. The first kappa shape index (κ1) is 17.1. The van der Waals surface area contributed by atoms with Crippen molar-refractivity contribution in [1.82, 2.24) is 19.7 Å². The Balaban J connectivity index is 1.42. The number of amides is 1. The van der Waals surface area contributed by atoms with Gasteiger partial charge in [-0.3, -0.25) is 9.48 Å². The minimum Gasteiger partial charge on any atom is -0.357 e. The van der Waals surface area contributed by atoms with Crippen LogP contribution in [0, 0.1) is 0 Å². The van der Waals surface area contributed by atoms with Gasteiger partial charge in [-0.05, 0) is 56.7 Å². The summed E-state index contributed by atoms with van der Waals surface area (Å²) in [7, 11) is 0. The average Bonchev–Trinajstić information content (AvgIpc) is 3.40. The Morgan fingerprint density at radius 1 is 1.12 bits per heavy atom. The molecule has 2 saturated heterocycles. The van der Waals surface area contributed by atoms with Crippen molar-refractivity contribution in [1.29, 1.82) is 0 Å². The molecule has 0 N–H and O–H groups in total. The Labute approximate surface area is 154 Å². The van der Waals surface area contributed by atoms with Gasteiger partial charge in [-0.15, -0.1) is 0 Å². The summed E-state index contributed by atoms with van der Waals surface area (Å²) in [6, 6.07) is 6.18. The molecule has 0 saturated carbocycles. The van der Waals surface area contributed by atoms with Crippen molar-refractivity contribution in [2.45, 2.75) is 51.1 Å². The van der Waals surface area contributed by atoms with E-state index < -0.39 is 0 Å². The van der Waals surface area contributed by atoms with Gasteiger partial charge in [0.05, 0.1) is 5.56 Å². The number of pyridine rings is 1. The maximum absolute atomic E-state index is 13.1. The summed E-state index contributed by atoms with van der Waals surface area (Å²) in [6.07, 6.45) is 12.3. The number of anilines is 1. The number of rotatable bonds is 5. The SMILES string of the molecule is O=C(c1ccc(N2CCCC2)nc1)N1CCCC[C@H]1CCn1cccn1. The topological polar surface area (TPSA) is 54.3 Å². The fourth-order valence-electron chi connectivity index (χ4n) is 4.09. The number of nitrogens with zero attached hydrogens (tertiary/aromatic N) is 5. The Morgan fingerprint density at radius 3 is 2.69 bits per heavy atom. The summed E-state index contributed by atoms with van der Waals surface area (Å²) in [4.78, 5) is 22.0. The fourth-order valence-corrected chi connectivity index (χ4v) is 4.09. The molecule has 138 valence electrons. The molecule has 2 aliphatic rings. The molecule has 6 heteroatoms. The lowest BCUT2D eigenvalue weighted by molar-refractivity contribution is 0.0593. The first-order valence-electron chi connectivity index (χ1n) is 9.81. The second kappa shape index (κ2) is 7.89. The zero-order valence-corrected chi connectivity index (χ0v) is 15.3. The predicted octanol–water partition coefficient (Wildman–Crippen LogP) is 2.96. The lowest BCUT2D eigenvalue weighted by Gasteiger charge is -2.36. The van der Waals surface area contributed by atoms with Crippen molar-refractivity contribution in [3.63, 3.8) is 0 Å². The number of carbonyl (C=O) groups excluding carboxylic acids is 1. The van der Waals surface area contributed by atoms with E-state index in [0.29, 0.717) is 11.6 Å². The van der Waals surface area contributed by atoms with Gasteiger partial charge in [-0.25, -0.2) is 4.98 Å². The highest BCUT2D eigenvalue weighted by Gasteiger charge is 2.27. The third kappa shape index (κ3) is 3.74. The van der Waals surface area contributed by atoms with Crippen LogP contribution in [0.1, 0.15) is 48.9 Å². The Bertz CT molecular complexity index is 706. The number of hydrogen-bond donors (Lipinski definition) is 0. The van der Waals surface area contributed by atoms with Gasteiger partial charge in [0.15, 0.2) is 0 Å². The smallest absolute Gasteiger partial charge is 0.255 e. The van der Waals surface area contributed by atoms with Crippen LogP contribution in [0.5, 0.6) is 0 Å². The van der Waals surface area contributed by atoms with Gasteiger partial charge in [0.25, 0.3) is 5.91 Å². The zero-order chi connectivity index (χ0) is 17.8. The summed E-state index contributed by atoms with van der Waals surface area (Å²) in [5, 5.41) is 4.27. The van der Waals surface area contributed by atoms with Crippen molar-refractivity contribution in [2.75, 3.05) is 24.5 Å². The molecule has 2 fully saturated rings. The minimum atomic E-state index is 0.121. The quantitative estimate of drug-likeness (QED) is 0.829. The minimum absolute atomic E-state index is 0.121. The van der Waals surface area contributed by atoms with Crippen LogP contribution in [0.2, 0.25) is 0 Å². The third-order valence-corrected chi connectivity index (χ3v) is 5.56. The average molecular weight is 353 g/mol. The molecule has 0 unspecified atom stereocenters. The molecule has 1 amide bonds. The molecule has 0 aromatic carbocycles. The molecule has 26 heavy (non-hydrogen) atoms. The van der Waals surface area contributed by atoms with E-state index in [1.807, 2.05) is 29.1 Å². The van der Waals surface area contributed by atoms with E-state index in [0.717, 1.165) is 51.3 Å². The number of likely N-dealkylation sites (tertiary alicyclic amines) is 1. The Morgan fingerprint density at radius 2 is 1.96 bits per heavy atom. The third-order valence-electron chi connectivity index (χ3n) is 5.56. The lowest BCUT2D eigenvalue weighted by atomic mass is 9.98. The molecule has 2 aliphatic heterocycles. The van der Waals surface area contributed by atoms with Crippen LogP contribution in [0.25, 0.3) is 0 Å². The number of piperidine rings is 1. The Kier molecular flexibility index (Phi) is 5.18. The molecule has 2 aromatic rings. The summed E-state index contributed by atoms with van der Waals surface area (Å²) in [5.74, 6) is 1.11. The highest BCUT2D eigenvalue weighted by atomic mass is 16.2. The van der Waals surface area contributed by atoms with Gasteiger partial charge in [0.2, 0.25) is 0 Å². The normalized spacial score (nSPS) is 20.5. The molecule has 4 heterocycles. The van der Waals surface area contributed by atoms with Crippen molar-refractivity contribution in [3.05, 3.63) is 42.4 Å². The van der Waals surface area contributed by atoms with Crippen LogP contribution in [0.15, 0.2) is 36.8 Å². The molecule has 6 nitrogen and oxygen atoms in total. The molecular formula is C20H27N5O. The molecule has 4 rings (SSSR count). The van der Waals surface area contributed by atoms with E-state index in [1.165, 1.54) is 19.3 Å². The van der Waals surface area contributed by atoms with Crippen molar-refractivity contribution in [2.24, 2.45) is 0 Å². The van der Waals surface area contributed by atoms with E-state index in [9.17, 15) is 4.79 Å². The van der Waals surface area contributed by atoms with Crippen LogP contribution in [0.4, 0.5) is 5.82 Å². The largest absolute Gasteiger partial charge is 0.357 e. The van der Waals surface area contributed by atoms with Gasteiger partial charge in [-0.1, -0.05) is 0 Å². The first-order chi connectivity index (χ1) is 12.8. The van der Waals surface area contributed by atoms with E-state index in [-0.39, 0.29) is 5.91 Å². The van der Waals surface area contributed by atoms with Crippen molar-refractivity contribution in [3.8, 4) is 0 Å². The molecule has 0 bridgehead atoms. The molecule has 0 aliphatic carbocycles. The highest BCUT2D eigenvalue weighted by molar-refractivity contribution is 5.94. The van der Waals surface area contributed by atoms with E-state index >= 15 is 0 Å². The first-order valence-corrected chi connectivity index (χ1v) is 9.81. The van der Waals surface area contributed by atoms with Crippen LogP contribution in [-0.4, -0.2) is 51.2 Å². The predicted molar refractivity (Wildman–Crippen MR) is 101 cm³/mol. The van der Waals surface area contributed by atoms with Crippen molar-refractivity contribution >= 4 is 11.7 Å². The van der Waals surface area contributed by atoms with Crippen LogP contribution >= 0.6 is 0 Å². The number of hydrogen-bond acceptors (Lipinski definition) is 4. The zero-order valence-electron chi connectivity index (χ0n) is 15.3. The summed E-state index contributed by atoms with van der Waals surface area (Å²) < 4.78 is 1.95. The molecule has 0 radical (unpaired) electrons. The van der Waals surface area contributed by atoms with Gasteiger partial charge in [-0.2, -0.15) is 5.10 Å². The lowest BCUT2D eigenvalue weighted by Crippen LogP contribution is -2.44. The summed E-state index contributed by atoms with van der Waals surface area (Å²) in [6.45, 7) is 3.84. The maximum atomic E-state index is 13.1. The number of aryl methyl sites for hydroxylation is 1. The van der Waals surface area contributed by atoms with Gasteiger partial charge < -0.3 is 9.80 Å². The molecule has 0 spiro atoms. The van der Waals surface area contributed by atoms with Crippen LogP contribution in [0.3, 0.4) is 0 Å². The number of carbonyl (C=O) groups is 1. The maximum Gasteiger partial charge on any atom is 0.255 e. The second-order valence-corrected chi connectivity index (χ2v) is 7.31. The number of aromatic nitrogens is 3. The molecular weight excluding hydrogens is 326 g/mol. The van der Waals surface area contributed by atoms with Crippen LogP contribution in [-0.2, 0) is 6.54 Å². The Hall–Kier alpha value is -2.37. The van der Waals surface area contributed by atoms with Crippen LogP contribution < -0.4 is 4.90 Å². The van der Waals surface area contributed by atoms with Gasteiger partial charge in [0.1, 0.15) is 5.82 Å². The van der Waals surface area contributed by atoms with Gasteiger partial charge >= 0.3 is 0 Å². The summed E-state index contributed by atoms with van der Waals surface area (Å²) >= 11 is 0. The van der Waals surface area contributed by atoms with E-state index in [2.05, 4.69) is 19.9 Å². The monoisotopic (exact) mass is 353 g/mol. The van der Waals surface area contributed by atoms with E-state index in [1.54, 1.807) is 12.4 Å². The highest BCUT2D eigenvalue weighted by Crippen LogP contribution is 2.23. The van der Waals surface area contributed by atoms with Gasteiger partial charge in [0, 0.05) is 50.8 Å². The van der Waals surface area contributed by atoms with E-state index in [4.69, 9.17) is 0 Å². The summed E-state index contributed by atoms with van der Waals surface area (Å²) in [5.41, 5.74) is 0.707. The molecule has 1 atom stereocenters. The van der Waals surface area contributed by atoms with Crippen molar-refractivity contribution < 1.29 is 4.79 Å². The fraction of sp³-hybridized carbons (Fsp3) is 0.550.